The molecule has 218 valence electrons. The second-order valence-electron chi connectivity index (χ2n) is 12.8. The molecule has 1 aromatic heterocycles. The first-order chi connectivity index (χ1) is 20.0. The number of allylic oxidation sites excluding steroid dienone is 1. The van der Waals surface area contributed by atoms with Crippen LogP contribution in [0.3, 0.4) is 0 Å². The summed E-state index contributed by atoms with van der Waals surface area (Å²) in [6.45, 7) is 8.23. The number of fused-ring (bicyclic) bond motifs is 2. The summed E-state index contributed by atoms with van der Waals surface area (Å²) in [5.41, 5.74) is 3.92. The number of carbonyl (C=O) groups excluding carboxylic acids is 2. The van der Waals surface area contributed by atoms with Gasteiger partial charge in [-0.25, -0.2) is 9.78 Å². The molecule has 42 heavy (non-hydrogen) atoms. The van der Waals surface area contributed by atoms with E-state index in [1.165, 1.54) is 0 Å². The number of benzene rings is 2. The van der Waals surface area contributed by atoms with Gasteiger partial charge in [-0.3, -0.25) is 4.79 Å². The van der Waals surface area contributed by atoms with Gasteiger partial charge in [-0.2, -0.15) is 5.26 Å². The highest BCUT2D eigenvalue weighted by Gasteiger charge is 2.38. The minimum atomic E-state index is -1.06. The third-order valence-electron chi connectivity index (χ3n) is 8.79. The Balaban J connectivity index is 1.55. The van der Waals surface area contributed by atoms with Gasteiger partial charge >= 0.3 is 5.97 Å². The van der Waals surface area contributed by atoms with Crippen molar-refractivity contribution in [1.82, 2.24) is 10.3 Å². The highest BCUT2D eigenvalue weighted by molar-refractivity contribution is 6.30. The summed E-state index contributed by atoms with van der Waals surface area (Å²) in [6.07, 6.45) is 6.59. The second-order valence-corrected chi connectivity index (χ2v) is 13.3. The lowest BCUT2D eigenvalue weighted by atomic mass is 9.69. The summed E-state index contributed by atoms with van der Waals surface area (Å²) in [6, 6.07) is 17.6. The number of carbonyl (C=O) groups is 2. The van der Waals surface area contributed by atoms with Gasteiger partial charge in [0.05, 0.1) is 22.8 Å². The van der Waals surface area contributed by atoms with Crippen LogP contribution in [0.5, 0.6) is 0 Å². The topological polar surface area (TPSA) is 92.1 Å². The van der Waals surface area contributed by atoms with Gasteiger partial charge in [0.2, 0.25) is 0 Å². The maximum atomic E-state index is 14.0. The molecule has 1 N–H and O–H groups in total. The Labute approximate surface area is 253 Å². The molecule has 0 saturated heterocycles. The molecule has 1 saturated carbocycles. The molecule has 0 aliphatic heterocycles. The normalized spacial score (nSPS) is 19.9. The first kappa shape index (κ1) is 29.8. The van der Waals surface area contributed by atoms with Crippen LogP contribution in [-0.4, -0.2) is 28.5 Å². The van der Waals surface area contributed by atoms with E-state index in [-0.39, 0.29) is 11.3 Å². The molecule has 1 fully saturated rings. The number of nitrogens with zero attached hydrogens (tertiary/aromatic N) is 2. The third-order valence-corrected chi connectivity index (χ3v) is 9.04. The van der Waals surface area contributed by atoms with Crippen molar-refractivity contribution in [3.63, 3.8) is 0 Å². The molecule has 5 rings (SSSR count). The quantitative estimate of drug-likeness (QED) is 0.308. The van der Waals surface area contributed by atoms with Crippen LogP contribution < -0.4 is 5.32 Å². The number of aromatic nitrogens is 1. The van der Waals surface area contributed by atoms with Crippen molar-refractivity contribution in [2.45, 2.75) is 84.3 Å². The van der Waals surface area contributed by atoms with Crippen LogP contribution in [0.25, 0.3) is 22.6 Å². The molecule has 3 aromatic rings. The number of nitrogens with one attached hydrogen (secondary N) is 1. The van der Waals surface area contributed by atoms with Gasteiger partial charge in [0.25, 0.3) is 5.91 Å². The van der Waals surface area contributed by atoms with Gasteiger partial charge in [0.1, 0.15) is 5.54 Å². The number of nitriles is 1. The molecule has 0 bridgehead atoms. The van der Waals surface area contributed by atoms with E-state index in [1.807, 2.05) is 48.5 Å². The Bertz CT molecular complexity index is 1570. The number of para-hydroxylation sites is 1. The summed E-state index contributed by atoms with van der Waals surface area (Å²) in [5.74, 6) is -0.752. The minimum absolute atomic E-state index is 0.0254. The van der Waals surface area contributed by atoms with Crippen LogP contribution in [0.2, 0.25) is 5.02 Å². The molecule has 2 aromatic carbocycles. The molecular weight excluding hydrogens is 546 g/mol. The monoisotopic (exact) mass is 583 g/mol. The second kappa shape index (κ2) is 11.9. The van der Waals surface area contributed by atoms with Crippen LogP contribution in [0.1, 0.15) is 93.4 Å². The lowest BCUT2D eigenvalue weighted by Crippen LogP contribution is -2.52. The van der Waals surface area contributed by atoms with Crippen molar-refractivity contribution < 1.29 is 14.3 Å². The number of esters is 1. The fraction of sp³-hybridized carbons (Fsp3) is 0.429. The number of hydrogen-bond donors (Lipinski definition) is 1. The number of rotatable bonds is 5. The van der Waals surface area contributed by atoms with Crippen molar-refractivity contribution in [3.05, 3.63) is 75.9 Å². The highest BCUT2D eigenvalue weighted by atomic mass is 35.5. The summed E-state index contributed by atoms with van der Waals surface area (Å²) in [5, 5.41) is 14.1. The predicted octanol–water partition coefficient (Wildman–Crippen LogP) is 7.93. The first-order valence-electron chi connectivity index (χ1n) is 14.8. The van der Waals surface area contributed by atoms with Crippen LogP contribution in [0, 0.1) is 22.7 Å². The molecule has 1 amide bonds. The van der Waals surface area contributed by atoms with Gasteiger partial charge in [-0.1, -0.05) is 82.0 Å². The van der Waals surface area contributed by atoms with Crippen molar-refractivity contribution in [2.24, 2.45) is 11.3 Å². The largest absolute Gasteiger partial charge is 0.449 e. The third kappa shape index (κ3) is 6.22. The number of ether oxygens (including phenoxy) is 1. The van der Waals surface area contributed by atoms with Crippen LogP contribution in [0.15, 0.2) is 48.5 Å². The van der Waals surface area contributed by atoms with Gasteiger partial charge < -0.3 is 10.1 Å². The summed E-state index contributed by atoms with van der Waals surface area (Å²) in [4.78, 5) is 32.3. The van der Waals surface area contributed by atoms with Crippen molar-refractivity contribution in [1.29, 1.82) is 5.26 Å². The molecule has 0 spiro atoms. The Hall–Kier alpha value is -3.69. The summed E-state index contributed by atoms with van der Waals surface area (Å²) >= 11 is 6.14. The lowest BCUT2D eigenvalue weighted by Gasteiger charge is -2.37. The maximum absolute atomic E-state index is 14.0. The van der Waals surface area contributed by atoms with Crippen molar-refractivity contribution in [3.8, 4) is 6.07 Å². The zero-order valence-corrected chi connectivity index (χ0v) is 25.6. The Morgan fingerprint density at radius 3 is 2.45 bits per heavy atom. The fourth-order valence-electron chi connectivity index (χ4n) is 6.16. The van der Waals surface area contributed by atoms with Gasteiger partial charge in [0, 0.05) is 10.4 Å². The molecule has 2 aliphatic rings. The SMILES string of the molecule is C[C@H](OC(=O)c1c2c(nc3ccccc13)/C(=C/c1ccc(Cl)cc1)C[C@H](C(C)(C)C)C2)C(=O)NC1(C#N)CCCCC1. The van der Waals surface area contributed by atoms with E-state index in [9.17, 15) is 14.9 Å². The zero-order valence-electron chi connectivity index (χ0n) is 24.8. The van der Waals surface area contributed by atoms with E-state index >= 15 is 0 Å². The Morgan fingerprint density at radius 1 is 1.10 bits per heavy atom. The van der Waals surface area contributed by atoms with Crippen LogP contribution in [0.4, 0.5) is 0 Å². The molecule has 2 aliphatic carbocycles. The standard InChI is InChI=1S/C35H38ClN3O3/c1-22(32(40)39-35(21-37)16-8-5-9-17-35)42-33(41)30-27-10-6-7-11-29(27)38-31-24(18-23-12-14-26(36)15-13-23)19-25(20-28(30)31)34(2,3)4/h6-7,10-15,18,22,25H,5,8-9,16-17,19-20H2,1-4H3,(H,39,40)/b24-18+/t22-,25-/m0/s1. The molecule has 1 heterocycles. The highest BCUT2D eigenvalue weighted by Crippen LogP contribution is 2.45. The van der Waals surface area contributed by atoms with Gasteiger partial charge in [-0.05, 0) is 84.9 Å². The fourth-order valence-corrected chi connectivity index (χ4v) is 6.29. The molecule has 7 heteroatoms. The predicted molar refractivity (Wildman–Crippen MR) is 167 cm³/mol. The average molecular weight is 584 g/mol. The summed E-state index contributed by atoms with van der Waals surface area (Å²) < 4.78 is 5.87. The smallest absolute Gasteiger partial charge is 0.339 e. The van der Waals surface area contributed by atoms with Gasteiger partial charge in [-0.15, -0.1) is 0 Å². The average Bonchev–Trinajstić information content (AvgIpc) is 2.97. The number of halogens is 1. The van der Waals surface area contributed by atoms with Crippen LogP contribution in [-0.2, 0) is 16.0 Å². The number of pyridine rings is 1. The molecule has 6 nitrogen and oxygen atoms in total. The molecule has 0 radical (unpaired) electrons. The number of hydrogen-bond acceptors (Lipinski definition) is 5. The van der Waals surface area contributed by atoms with E-state index in [2.05, 4.69) is 38.2 Å². The zero-order chi connectivity index (χ0) is 30.1. The van der Waals surface area contributed by atoms with Crippen molar-refractivity contribution >= 4 is 46.0 Å². The lowest BCUT2D eigenvalue weighted by molar-refractivity contribution is -0.130. The first-order valence-corrected chi connectivity index (χ1v) is 15.2. The van der Waals surface area contributed by atoms with E-state index in [0.29, 0.717) is 40.8 Å². The molecule has 0 unspecified atom stereocenters. The van der Waals surface area contributed by atoms with E-state index in [0.717, 1.165) is 48.1 Å². The van der Waals surface area contributed by atoms with E-state index in [4.69, 9.17) is 21.3 Å². The molecule has 2 atom stereocenters. The van der Waals surface area contributed by atoms with Crippen molar-refractivity contribution in [2.75, 3.05) is 0 Å². The number of amides is 1. The van der Waals surface area contributed by atoms with E-state index in [1.54, 1.807) is 6.92 Å². The minimum Gasteiger partial charge on any atom is -0.449 e. The van der Waals surface area contributed by atoms with Gasteiger partial charge in [0.15, 0.2) is 6.10 Å². The summed E-state index contributed by atoms with van der Waals surface area (Å²) in [7, 11) is 0. The molecular formula is C35H38ClN3O3. The van der Waals surface area contributed by atoms with Crippen LogP contribution >= 0.6 is 11.6 Å². The maximum Gasteiger partial charge on any atom is 0.339 e. The Kier molecular flexibility index (Phi) is 8.44. The Morgan fingerprint density at radius 2 is 1.79 bits per heavy atom. The van der Waals surface area contributed by atoms with E-state index < -0.39 is 23.5 Å².